The lowest BCUT2D eigenvalue weighted by Crippen LogP contribution is -2.47. The van der Waals surface area contributed by atoms with Crippen molar-refractivity contribution < 1.29 is 9.59 Å². The highest BCUT2D eigenvalue weighted by molar-refractivity contribution is 6.30. The van der Waals surface area contributed by atoms with Gasteiger partial charge in [0.05, 0.1) is 0 Å². The fourth-order valence-corrected chi connectivity index (χ4v) is 2.81. The van der Waals surface area contributed by atoms with E-state index in [0.717, 1.165) is 12.8 Å². The second kappa shape index (κ2) is 7.31. The Morgan fingerprint density at radius 3 is 2.67 bits per heavy atom. The Balaban J connectivity index is 2.16. The SMILES string of the molecule is CNC(=O)NC(=O)N(CC1CCCC1)c1cccc(Cl)c1. The maximum absolute atomic E-state index is 12.3. The van der Waals surface area contributed by atoms with Crippen molar-refractivity contribution in [2.75, 3.05) is 18.5 Å². The van der Waals surface area contributed by atoms with Crippen LogP contribution < -0.4 is 15.5 Å². The van der Waals surface area contributed by atoms with E-state index < -0.39 is 12.1 Å². The summed E-state index contributed by atoms with van der Waals surface area (Å²) in [5.41, 5.74) is 0.704. The van der Waals surface area contributed by atoms with Crippen LogP contribution in [0.4, 0.5) is 15.3 Å². The van der Waals surface area contributed by atoms with Gasteiger partial charge in [-0.05, 0) is 37.0 Å². The Morgan fingerprint density at radius 1 is 1.33 bits per heavy atom. The zero-order valence-electron chi connectivity index (χ0n) is 12.1. The van der Waals surface area contributed by atoms with Crippen LogP contribution in [0.1, 0.15) is 25.7 Å². The molecule has 4 amide bonds. The number of benzene rings is 1. The lowest BCUT2D eigenvalue weighted by Gasteiger charge is -2.25. The summed E-state index contributed by atoms with van der Waals surface area (Å²) in [4.78, 5) is 25.3. The van der Waals surface area contributed by atoms with E-state index in [0.29, 0.717) is 23.2 Å². The minimum absolute atomic E-state index is 0.427. The van der Waals surface area contributed by atoms with Crippen LogP contribution in [-0.4, -0.2) is 25.7 Å². The van der Waals surface area contributed by atoms with Gasteiger partial charge in [0.15, 0.2) is 0 Å². The van der Waals surface area contributed by atoms with E-state index in [-0.39, 0.29) is 0 Å². The number of hydrogen-bond acceptors (Lipinski definition) is 2. The molecule has 2 rings (SSSR count). The fraction of sp³-hybridized carbons (Fsp3) is 0.467. The van der Waals surface area contributed by atoms with Crippen molar-refractivity contribution in [3.05, 3.63) is 29.3 Å². The van der Waals surface area contributed by atoms with Crippen LogP contribution in [0.5, 0.6) is 0 Å². The Hall–Kier alpha value is -1.75. The van der Waals surface area contributed by atoms with Gasteiger partial charge in [0.2, 0.25) is 0 Å². The highest BCUT2D eigenvalue weighted by Gasteiger charge is 2.24. The van der Waals surface area contributed by atoms with Crippen molar-refractivity contribution in [2.24, 2.45) is 5.92 Å². The lowest BCUT2D eigenvalue weighted by atomic mass is 10.1. The molecule has 0 spiro atoms. The molecule has 6 heteroatoms. The zero-order valence-corrected chi connectivity index (χ0v) is 12.8. The molecule has 0 heterocycles. The third-order valence-corrected chi connectivity index (χ3v) is 3.96. The van der Waals surface area contributed by atoms with Gasteiger partial charge in [0.25, 0.3) is 0 Å². The van der Waals surface area contributed by atoms with Crippen LogP contribution in [0.15, 0.2) is 24.3 Å². The molecule has 0 aliphatic heterocycles. The van der Waals surface area contributed by atoms with Gasteiger partial charge >= 0.3 is 12.1 Å². The number of urea groups is 2. The molecule has 0 unspecified atom stereocenters. The van der Waals surface area contributed by atoms with Crippen molar-refractivity contribution in [2.45, 2.75) is 25.7 Å². The van der Waals surface area contributed by atoms with Crippen molar-refractivity contribution in [1.82, 2.24) is 10.6 Å². The van der Waals surface area contributed by atoms with Crippen LogP contribution in [0, 0.1) is 5.92 Å². The number of imide groups is 1. The molecular formula is C15H20ClN3O2. The monoisotopic (exact) mass is 309 g/mol. The number of carbonyl (C=O) groups is 2. The quantitative estimate of drug-likeness (QED) is 0.899. The average Bonchev–Trinajstić information content (AvgIpc) is 2.97. The number of rotatable bonds is 3. The summed E-state index contributed by atoms with van der Waals surface area (Å²) in [6.45, 7) is 0.600. The molecule has 0 atom stereocenters. The van der Waals surface area contributed by atoms with Gasteiger partial charge in [0, 0.05) is 24.3 Å². The summed E-state index contributed by atoms with van der Waals surface area (Å²) in [7, 11) is 1.48. The lowest BCUT2D eigenvalue weighted by molar-refractivity contribution is 0.231. The standard InChI is InChI=1S/C15H20ClN3O2/c1-17-14(20)18-15(21)19(10-11-5-2-3-6-11)13-8-4-7-12(16)9-13/h4,7-9,11H,2-3,5-6,10H2,1H3,(H2,17,18,20,21). The number of anilines is 1. The largest absolute Gasteiger partial charge is 0.341 e. The first-order valence-electron chi connectivity index (χ1n) is 7.16. The summed E-state index contributed by atoms with van der Waals surface area (Å²) < 4.78 is 0. The topological polar surface area (TPSA) is 61.4 Å². The fourth-order valence-electron chi connectivity index (χ4n) is 2.63. The van der Waals surface area contributed by atoms with Gasteiger partial charge in [-0.3, -0.25) is 10.2 Å². The zero-order chi connectivity index (χ0) is 15.2. The number of halogens is 1. The number of nitrogens with zero attached hydrogens (tertiary/aromatic N) is 1. The summed E-state index contributed by atoms with van der Waals surface area (Å²) in [6, 6.07) is 6.17. The van der Waals surface area contributed by atoms with E-state index in [9.17, 15) is 9.59 Å². The Bertz CT molecular complexity index is 515. The summed E-state index contributed by atoms with van der Waals surface area (Å²) in [5.74, 6) is 0.472. The van der Waals surface area contributed by atoms with Crippen LogP contribution in [0.2, 0.25) is 5.02 Å². The second-order valence-corrected chi connectivity index (χ2v) is 5.69. The summed E-state index contributed by atoms with van der Waals surface area (Å²) >= 11 is 6.01. The van der Waals surface area contributed by atoms with E-state index in [2.05, 4.69) is 10.6 Å². The highest BCUT2D eigenvalue weighted by atomic mass is 35.5. The molecule has 0 radical (unpaired) electrons. The second-order valence-electron chi connectivity index (χ2n) is 5.25. The summed E-state index contributed by atoms with van der Waals surface area (Å²) in [5, 5.41) is 5.27. The number of hydrogen-bond donors (Lipinski definition) is 2. The molecule has 1 aliphatic carbocycles. The Kier molecular flexibility index (Phi) is 5.44. The molecule has 1 saturated carbocycles. The van der Waals surface area contributed by atoms with Crippen LogP contribution in [-0.2, 0) is 0 Å². The van der Waals surface area contributed by atoms with E-state index >= 15 is 0 Å². The molecule has 1 fully saturated rings. The van der Waals surface area contributed by atoms with Crippen molar-refractivity contribution in [3.8, 4) is 0 Å². The molecule has 5 nitrogen and oxygen atoms in total. The molecule has 0 saturated heterocycles. The first kappa shape index (κ1) is 15.6. The first-order chi connectivity index (χ1) is 10.1. The van der Waals surface area contributed by atoms with Gasteiger partial charge in [0.1, 0.15) is 0 Å². The molecular weight excluding hydrogens is 290 g/mol. The predicted octanol–water partition coefficient (Wildman–Crippen LogP) is 3.39. The predicted molar refractivity (Wildman–Crippen MR) is 83.7 cm³/mol. The molecule has 0 aromatic heterocycles. The first-order valence-corrected chi connectivity index (χ1v) is 7.53. The van der Waals surface area contributed by atoms with Gasteiger partial charge in [-0.1, -0.05) is 30.5 Å². The number of amides is 4. The van der Waals surface area contributed by atoms with Crippen LogP contribution in [0.25, 0.3) is 0 Å². The van der Waals surface area contributed by atoms with E-state index in [4.69, 9.17) is 11.6 Å². The van der Waals surface area contributed by atoms with Gasteiger partial charge in [-0.15, -0.1) is 0 Å². The Morgan fingerprint density at radius 2 is 2.05 bits per heavy atom. The molecule has 114 valence electrons. The van der Waals surface area contributed by atoms with Crippen LogP contribution in [0.3, 0.4) is 0 Å². The molecule has 1 aromatic carbocycles. The van der Waals surface area contributed by atoms with Crippen molar-refractivity contribution in [3.63, 3.8) is 0 Å². The third kappa shape index (κ3) is 4.36. The average molecular weight is 310 g/mol. The van der Waals surface area contributed by atoms with Crippen LogP contribution >= 0.6 is 11.6 Å². The smallest absolute Gasteiger partial charge is 0.329 e. The Labute approximate surface area is 129 Å². The maximum Gasteiger partial charge on any atom is 0.329 e. The molecule has 21 heavy (non-hydrogen) atoms. The molecule has 2 N–H and O–H groups in total. The van der Waals surface area contributed by atoms with E-state index in [1.807, 2.05) is 6.07 Å². The van der Waals surface area contributed by atoms with E-state index in [1.54, 1.807) is 23.1 Å². The minimum Gasteiger partial charge on any atom is -0.341 e. The molecule has 1 aromatic rings. The van der Waals surface area contributed by atoms with E-state index in [1.165, 1.54) is 19.9 Å². The molecule has 1 aliphatic rings. The maximum atomic E-state index is 12.3. The van der Waals surface area contributed by atoms with Crippen molar-refractivity contribution in [1.29, 1.82) is 0 Å². The van der Waals surface area contributed by atoms with Gasteiger partial charge in [-0.2, -0.15) is 0 Å². The van der Waals surface area contributed by atoms with Crippen molar-refractivity contribution >= 4 is 29.4 Å². The van der Waals surface area contributed by atoms with Gasteiger partial charge < -0.3 is 5.32 Å². The third-order valence-electron chi connectivity index (χ3n) is 3.73. The normalized spacial score (nSPS) is 14.8. The summed E-state index contributed by atoms with van der Waals surface area (Å²) in [6.07, 6.45) is 4.63. The van der Waals surface area contributed by atoms with Gasteiger partial charge in [-0.25, -0.2) is 9.59 Å². The minimum atomic E-state index is -0.515. The number of nitrogens with one attached hydrogen (secondary N) is 2. The number of carbonyl (C=O) groups excluding carboxylic acids is 2. The highest BCUT2D eigenvalue weighted by Crippen LogP contribution is 2.28. The molecule has 0 bridgehead atoms.